The van der Waals surface area contributed by atoms with Crippen LogP contribution in [-0.2, 0) is 0 Å². The van der Waals surface area contributed by atoms with Gasteiger partial charge in [-0.25, -0.2) is 4.98 Å². The molecule has 2 fully saturated rings. The summed E-state index contributed by atoms with van der Waals surface area (Å²) >= 11 is 13.1. The molecule has 1 aliphatic carbocycles. The fraction of sp³-hybridized carbons (Fsp3) is 0.588. The number of hydrogen-bond donors (Lipinski definition) is 0. The molecule has 0 radical (unpaired) electrons. The summed E-state index contributed by atoms with van der Waals surface area (Å²) in [6.07, 6.45) is 7.05. The molecule has 0 unspecified atom stereocenters. The van der Waals surface area contributed by atoms with Crippen molar-refractivity contribution in [1.29, 1.82) is 0 Å². The first-order valence-corrected chi connectivity index (χ1v) is 11.5. The quantitative estimate of drug-likeness (QED) is 0.599. The van der Waals surface area contributed by atoms with Crippen molar-refractivity contribution in [3.8, 4) is 10.6 Å². The molecule has 24 heavy (non-hydrogen) atoms. The predicted octanol–water partition coefficient (Wildman–Crippen LogP) is 5.74. The monoisotopic (exact) mass is 445 g/mol. The molecule has 0 amide bonds. The van der Waals surface area contributed by atoms with Crippen LogP contribution in [0.1, 0.15) is 32.1 Å². The Bertz CT molecular complexity index is 668. The number of thiazole rings is 1. The van der Waals surface area contributed by atoms with Crippen molar-refractivity contribution in [1.82, 2.24) is 9.88 Å². The van der Waals surface area contributed by atoms with E-state index in [1.54, 1.807) is 22.7 Å². The Morgan fingerprint density at radius 2 is 1.88 bits per heavy atom. The maximum atomic E-state index is 6.21. The van der Waals surface area contributed by atoms with Gasteiger partial charge in [-0.3, -0.25) is 4.90 Å². The van der Waals surface area contributed by atoms with E-state index < -0.39 is 0 Å². The number of nitrogens with zero attached hydrogens (tertiary/aromatic N) is 3. The second-order valence-corrected chi connectivity index (χ2v) is 10.2. The predicted molar refractivity (Wildman–Crippen MR) is 109 cm³/mol. The molecule has 3 nitrogen and oxygen atoms in total. The zero-order valence-corrected chi connectivity index (χ0v) is 17.5. The first kappa shape index (κ1) is 17.3. The van der Waals surface area contributed by atoms with Gasteiger partial charge in [0.25, 0.3) is 0 Å². The van der Waals surface area contributed by atoms with Crippen LogP contribution >= 0.6 is 50.2 Å². The summed E-state index contributed by atoms with van der Waals surface area (Å²) in [4.78, 5) is 11.0. The minimum absolute atomic E-state index is 0.774. The summed E-state index contributed by atoms with van der Waals surface area (Å²) in [6, 6.07) is 2.85. The highest BCUT2D eigenvalue weighted by Crippen LogP contribution is 2.42. The topological polar surface area (TPSA) is 19.4 Å². The number of rotatable bonds is 3. The van der Waals surface area contributed by atoms with E-state index in [4.69, 9.17) is 11.6 Å². The van der Waals surface area contributed by atoms with Crippen LogP contribution in [0, 0.1) is 0 Å². The summed E-state index contributed by atoms with van der Waals surface area (Å²) < 4.78 is 0.986. The lowest BCUT2D eigenvalue weighted by molar-refractivity contribution is 0.148. The first-order chi connectivity index (χ1) is 11.7. The number of anilines is 1. The lowest BCUT2D eigenvalue weighted by atomic mass is 9.94. The highest BCUT2D eigenvalue weighted by molar-refractivity contribution is 9.11. The van der Waals surface area contributed by atoms with Gasteiger partial charge < -0.3 is 4.90 Å². The third-order valence-electron chi connectivity index (χ3n) is 5.12. The molecular weight excluding hydrogens is 426 g/mol. The van der Waals surface area contributed by atoms with E-state index in [0.717, 1.165) is 38.5 Å². The molecule has 4 rings (SSSR count). The summed E-state index contributed by atoms with van der Waals surface area (Å²) in [6.45, 7) is 4.56. The summed E-state index contributed by atoms with van der Waals surface area (Å²) in [5.74, 6) is 0. The van der Waals surface area contributed by atoms with Crippen LogP contribution < -0.4 is 4.90 Å². The van der Waals surface area contributed by atoms with Crippen molar-refractivity contribution in [2.75, 3.05) is 31.1 Å². The van der Waals surface area contributed by atoms with Crippen molar-refractivity contribution < 1.29 is 0 Å². The maximum absolute atomic E-state index is 6.21. The van der Waals surface area contributed by atoms with Gasteiger partial charge in [0.05, 0.1) is 19.2 Å². The molecule has 0 bridgehead atoms. The van der Waals surface area contributed by atoms with Crippen molar-refractivity contribution >= 4 is 55.2 Å². The summed E-state index contributed by atoms with van der Waals surface area (Å²) in [5.41, 5.74) is 3.04. The molecule has 7 heteroatoms. The highest BCUT2D eigenvalue weighted by atomic mass is 79.9. The van der Waals surface area contributed by atoms with Crippen LogP contribution in [-0.4, -0.2) is 42.1 Å². The maximum Gasteiger partial charge on any atom is 0.120 e. The molecule has 0 atom stereocenters. The van der Waals surface area contributed by atoms with E-state index in [0.29, 0.717) is 0 Å². The van der Waals surface area contributed by atoms with Gasteiger partial charge in [0, 0.05) is 32.2 Å². The van der Waals surface area contributed by atoms with Gasteiger partial charge in [-0.15, -0.1) is 22.7 Å². The second-order valence-electron chi connectivity index (χ2n) is 6.55. The molecule has 1 saturated carbocycles. The molecule has 3 heterocycles. The fourth-order valence-corrected chi connectivity index (χ4v) is 6.46. The van der Waals surface area contributed by atoms with E-state index in [1.165, 1.54) is 50.2 Å². The van der Waals surface area contributed by atoms with Crippen molar-refractivity contribution in [2.24, 2.45) is 0 Å². The third-order valence-corrected chi connectivity index (χ3v) is 8.49. The number of thiophene rings is 1. The van der Waals surface area contributed by atoms with Gasteiger partial charge in [0.1, 0.15) is 10.7 Å². The van der Waals surface area contributed by atoms with Crippen molar-refractivity contribution in [3.63, 3.8) is 0 Å². The molecule has 2 aromatic heterocycles. The molecule has 130 valence electrons. The van der Waals surface area contributed by atoms with Gasteiger partial charge in [0.2, 0.25) is 0 Å². The Morgan fingerprint density at radius 3 is 2.54 bits per heavy atom. The van der Waals surface area contributed by atoms with Gasteiger partial charge in [0.15, 0.2) is 0 Å². The minimum atomic E-state index is 0.774. The van der Waals surface area contributed by atoms with Crippen LogP contribution in [0.4, 0.5) is 5.00 Å². The molecular formula is C17H21BrClN3S2. The van der Waals surface area contributed by atoms with Gasteiger partial charge >= 0.3 is 0 Å². The van der Waals surface area contributed by atoms with Gasteiger partial charge in [-0.1, -0.05) is 30.9 Å². The van der Waals surface area contributed by atoms with Crippen LogP contribution in [0.5, 0.6) is 0 Å². The van der Waals surface area contributed by atoms with E-state index in [2.05, 4.69) is 30.7 Å². The Labute approximate surface area is 164 Å². The molecule has 2 aromatic rings. The van der Waals surface area contributed by atoms with Crippen LogP contribution in [0.15, 0.2) is 15.4 Å². The van der Waals surface area contributed by atoms with Crippen molar-refractivity contribution in [2.45, 2.75) is 38.1 Å². The molecule has 0 N–H and O–H groups in total. The normalized spacial score (nSPS) is 20.7. The molecule has 0 spiro atoms. The van der Waals surface area contributed by atoms with Crippen LogP contribution in [0.3, 0.4) is 0 Å². The molecule has 1 aliphatic heterocycles. The van der Waals surface area contributed by atoms with E-state index in [9.17, 15) is 0 Å². The number of aromatic nitrogens is 1. The zero-order chi connectivity index (χ0) is 16.5. The number of hydrogen-bond acceptors (Lipinski definition) is 5. The average molecular weight is 447 g/mol. The van der Waals surface area contributed by atoms with E-state index in [1.807, 2.05) is 11.6 Å². The standard InChI is InChI=1S/C17H21BrClN3S2/c18-16-13(19)10-14(24-16)15-17(23-11-20-15)22-8-6-21(7-9-22)12-4-2-1-3-5-12/h10-12H,1-9H2. The lowest BCUT2D eigenvalue weighted by Crippen LogP contribution is -2.50. The Hall–Kier alpha value is -0.140. The summed E-state index contributed by atoms with van der Waals surface area (Å²) in [7, 11) is 0. The first-order valence-electron chi connectivity index (χ1n) is 8.60. The molecule has 2 aliphatic rings. The van der Waals surface area contributed by atoms with E-state index >= 15 is 0 Å². The fourth-order valence-electron chi connectivity index (χ4n) is 3.83. The van der Waals surface area contributed by atoms with Crippen LogP contribution in [0.2, 0.25) is 5.02 Å². The average Bonchev–Trinajstić information content (AvgIpc) is 3.23. The molecule has 0 aromatic carbocycles. The summed E-state index contributed by atoms with van der Waals surface area (Å²) in [5, 5.41) is 2.07. The molecule has 1 saturated heterocycles. The highest BCUT2D eigenvalue weighted by Gasteiger charge is 2.27. The Kier molecular flexibility index (Phi) is 5.49. The Balaban J connectivity index is 1.45. The SMILES string of the molecule is Clc1cc(-c2ncsc2N2CCN(C3CCCCC3)CC2)sc1Br. The smallest absolute Gasteiger partial charge is 0.120 e. The number of piperazine rings is 1. The minimum Gasteiger partial charge on any atom is -0.359 e. The Morgan fingerprint density at radius 1 is 1.12 bits per heavy atom. The lowest BCUT2D eigenvalue weighted by Gasteiger charge is -2.41. The van der Waals surface area contributed by atoms with Gasteiger partial charge in [-0.2, -0.15) is 0 Å². The zero-order valence-electron chi connectivity index (χ0n) is 13.5. The third kappa shape index (κ3) is 3.54. The number of halogens is 2. The van der Waals surface area contributed by atoms with Crippen LogP contribution in [0.25, 0.3) is 10.6 Å². The van der Waals surface area contributed by atoms with Gasteiger partial charge in [-0.05, 0) is 34.8 Å². The largest absolute Gasteiger partial charge is 0.359 e. The second kappa shape index (κ2) is 7.62. The van der Waals surface area contributed by atoms with E-state index in [-0.39, 0.29) is 0 Å². The van der Waals surface area contributed by atoms with Crippen molar-refractivity contribution in [3.05, 3.63) is 20.4 Å².